The van der Waals surface area contributed by atoms with Crippen LogP contribution in [-0.2, 0) is 9.59 Å². The standard InChI is InChI=1S/C28H29FN6O4/c1-33(2)19-16-34(17-19)27(38)32-24-15-21(10-13-31-24)39-20-8-9-23(22(29)14-20)35(18-6-4-3-5-7-18)26(37)28(11-12-28)25(30)36/h3-10,13-15,19H,11-12,16-17H2,1-2H3,(H2,30,36)(H,31,32,38). The molecule has 2 fully saturated rings. The number of hydrogen-bond acceptors (Lipinski definition) is 6. The summed E-state index contributed by atoms with van der Waals surface area (Å²) >= 11 is 0. The molecular weight excluding hydrogens is 503 g/mol. The maximum absolute atomic E-state index is 15.5. The minimum atomic E-state index is -1.33. The van der Waals surface area contributed by atoms with Crippen molar-refractivity contribution in [3.05, 3.63) is 72.7 Å². The van der Waals surface area contributed by atoms with Crippen molar-refractivity contribution in [2.75, 3.05) is 37.4 Å². The van der Waals surface area contributed by atoms with E-state index in [4.69, 9.17) is 10.5 Å². The van der Waals surface area contributed by atoms with Crippen molar-refractivity contribution < 1.29 is 23.5 Å². The molecule has 0 spiro atoms. The number of carbonyl (C=O) groups is 3. The number of nitrogens with zero attached hydrogens (tertiary/aromatic N) is 4. The number of anilines is 3. The number of likely N-dealkylation sites (tertiary alicyclic amines) is 1. The fourth-order valence-corrected chi connectivity index (χ4v) is 4.40. The number of hydrogen-bond donors (Lipinski definition) is 2. The van der Waals surface area contributed by atoms with Crippen molar-refractivity contribution >= 4 is 35.0 Å². The minimum Gasteiger partial charge on any atom is -0.457 e. The number of nitrogens with two attached hydrogens (primary N) is 1. The van der Waals surface area contributed by atoms with Gasteiger partial charge in [0.25, 0.3) is 0 Å². The van der Waals surface area contributed by atoms with Gasteiger partial charge in [0.05, 0.1) is 5.69 Å². The Balaban J connectivity index is 1.32. The van der Waals surface area contributed by atoms with E-state index in [9.17, 15) is 14.4 Å². The number of rotatable bonds is 8. The summed E-state index contributed by atoms with van der Waals surface area (Å²) < 4.78 is 21.3. The molecule has 202 valence electrons. The van der Waals surface area contributed by atoms with E-state index in [0.717, 1.165) is 6.07 Å². The summed E-state index contributed by atoms with van der Waals surface area (Å²) in [4.78, 5) is 47.0. The van der Waals surface area contributed by atoms with Crippen molar-refractivity contribution in [1.29, 1.82) is 0 Å². The van der Waals surface area contributed by atoms with E-state index in [0.29, 0.717) is 49.2 Å². The zero-order valence-electron chi connectivity index (χ0n) is 21.6. The van der Waals surface area contributed by atoms with Gasteiger partial charge in [-0.1, -0.05) is 18.2 Å². The lowest BCUT2D eigenvalue weighted by molar-refractivity contribution is -0.133. The number of amides is 4. The minimum absolute atomic E-state index is 0.0284. The second kappa shape index (κ2) is 10.3. The largest absolute Gasteiger partial charge is 0.457 e. The highest BCUT2D eigenvalue weighted by molar-refractivity contribution is 6.16. The van der Waals surface area contributed by atoms with Crippen molar-refractivity contribution in [3.63, 3.8) is 0 Å². The van der Waals surface area contributed by atoms with Gasteiger partial charge in [0.2, 0.25) is 11.8 Å². The molecule has 5 rings (SSSR count). The van der Waals surface area contributed by atoms with Gasteiger partial charge in [-0.2, -0.15) is 0 Å². The lowest BCUT2D eigenvalue weighted by Gasteiger charge is -2.42. The molecule has 1 saturated heterocycles. The Morgan fingerprint density at radius 2 is 1.74 bits per heavy atom. The number of urea groups is 1. The van der Waals surface area contributed by atoms with Crippen molar-refractivity contribution in [3.8, 4) is 11.5 Å². The Labute approximate surface area is 225 Å². The van der Waals surface area contributed by atoms with E-state index in [1.165, 1.54) is 29.3 Å². The third-order valence-electron chi connectivity index (χ3n) is 7.09. The lowest BCUT2D eigenvalue weighted by atomic mass is 10.0. The summed E-state index contributed by atoms with van der Waals surface area (Å²) in [7, 11) is 3.94. The summed E-state index contributed by atoms with van der Waals surface area (Å²) in [5.74, 6) is -1.20. The number of nitrogens with one attached hydrogen (secondary N) is 1. The molecule has 4 amide bonds. The van der Waals surface area contributed by atoms with Gasteiger partial charge in [0.1, 0.15) is 22.7 Å². The van der Waals surface area contributed by atoms with Crippen molar-refractivity contribution in [2.24, 2.45) is 11.1 Å². The maximum atomic E-state index is 15.5. The molecule has 1 saturated carbocycles. The predicted octanol–water partition coefficient (Wildman–Crippen LogP) is 3.72. The average molecular weight is 533 g/mol. The molecule has 0 unspecified atom stereocenters. The Kier molecular flexibility index (Phi) is 6.92. The van der Waals surface area contributed by atoms with Gasteiger partial charge in [-0.25, -0.2) is 14.2 Å². The maximum Gasteiger partial charge on any atom is 0.323 e. The Morgan fingerprint density at radius 3 is 2.36 bits per heavy atom. The van der Waals surface area contributed by atoms with E-state index in [1.807, 2.05) is 14.1 Å². The van der Waals surface area contributed by atoms with Crippen LogP contribution in [0.4, 0.5) is 26.4 Å². The number of aromatic nitrogens is 1. The molecule has 39 heavy (non-hydrogen) atoms. The quantitative estimate of drug-likeness (QED) is 0.427. The van der Waals surface area contributed by atoms with E-state index in [1.54, 1.807) is 41.3 Å². The first-order chi connectivity index (χ1) is 18.7. The van der Waals surface area contributed by atoms with Crippen LogP contribution in [0.3, 0.4) is 0 Å². The summed E-state index contributed by atoms with van der Waals surface area (Å²) in [5.41, 5.74) is 4.58. The van der Waals surface area contributed by atoms with E-state index >= 15 is 4.39 Å². The van der Waals surface area contributed by atoms with Gasteiger partial charge in [-0.3, -0.25) is 19.8 Å². The van der Waals surface area contributed by atoms with Crippen LogP contribution in [0.2, 0.25) is 0 Å². The Morgan fingerprint density at radius 1 is 1.05 bits per heavy atom. The number of halogens is 1. The zero-order valence-corrected chi connectivity index (χ0v) is 21.6. The van der Waals surface area contributed by atoms with Crippen molar-refractivity contribution in [1.82, 2.24) is 14.8 Å². The number of pyridine rings is 1. The summed E-state index contributed by atoms with van der Waals surface area (Å²) in [6.07, 6.45) is 2.12. The van der Waals surface area contributed by atoms with Crippen molar-refractivity contribution in [2.45, 2.75) is 18.9 Å². The molecule has 1 aliphatic carbocycles. The third kappa shape index (κ3) is 5.26. The van der Waals surface area contributed by atoms with Crippen LogP contribution in [0.25, 0.3) is 0 Å². The fourth-order valence-electron chi connectivity index (χ4n) is 4.40. The highest BCUT2D eigenvalue weighted by atomic mass is 19.1. The molecule has 2 aromatic carbocycles. The fraction of sp³-hybridized carbons (Fsp3) is 0.286. The SMILES string of the molecule is CN(C)C1CN(C(=O)Nc2cc(Oc3ccc(N(C(=O)C4(C(N)=O)CC4)c4ccccc4)c(F)c3)ccn2)C1. The molecule has 3 aromatic rings. The lowest BCUT2D eigenvalue weighted by Crippen LogP contribution is -2.60. The summed E-state index contributed by atoms with van der Waals surface area (Å²) in [5, 5.41) is 2.75. The van der Waals surface area contributed by atoms with Gasteiger partial charge in [0, 0.05) is 43.1 Å². The molecule has 1 aromatic heterocycles. The summed E-state index contributed by atoms with van der Waals surface area (Å²) in [6, 6.07) is 15.8. The molecule has 11 heteroatoms. The number of benzene rings is 2. The first-order valence-electron chi connectivity index (χ1n) is 12.5. The molecule has 2 aliphatic rings. The van der Waals surface area contributed by atoms with Crippen LogP contribution in [0.5, 0.6) is 11.5 Å². The number of primary amides is 1. The molecule has 0 radical (unpaired) electrons. The molecule has 3 N–H and O–H groups in total. The smallest absolute Gasteiger partial charge is 0.323 e. The van der Waals surface area contributed by atoms with Gasteiger partial charge < -0.3 is 20.3 Å². The Hall–Kier alpha value is -4.51. The molecule has 2 heterocycles. The molecular formula is C28H29FN6O4. The first kappa shape index (κ1) is 26.1. The second-order valence-electron chi connectivity index (χ2n) is 9.97. The number of carbonyl (C=O) groups excluding carboxylic acids is 3. The average Bonchev–Trinajstić information content (AvgIpc) is 3.68. The molecule has 0 bridgehead atoms. The molecule has 10 nitrogen and oxygen atoms in total. The number of para-hydroxylation sites is 1. The van der Waals surface area contributed by atoms with Gasteiger partial charge in [-0.15, -0.1) is 0 Å². The first-order valence-corrected chi connectivity index (χ1v) is 12.5. The van der Waals surface area contributed by atoms with E-state index in [2.05, 4.69) is 15.2 Å². The highest BCUT2D eigenvalue weighted by Gasteiger charge is 2.57. The summed E-state index contributed by atoms with van der Waals surface area (Å²) in [6.45, 7) is 1.26. The highest BCUT2D eigenvalue weighted by Crippen LogP contribution is 2.49. The second-order valence-corrected chi connectivity index (χ2v) is 9.97. The monoisotopic (exact) mass is 532 g/mol. The zero-order chi connectivity index (χ0) is 27.7. The van der Waals surface area contributed by atoms with Gasteiger partial charge in [0.15, 0.2) is 5.82 Å². The van der Waals surface area contributed by atoms with Crippen LogP contribution in [0.15, 0.2) is 66.9 Å². The van der Waals surface area contributed by atoms with Crippen LogP contribution >= 0.6 is 0 Å². The van der Waals surface area contributed by atoms with Gasteiger partial charge in [-0.05, 0) is 57.3 Å². The normalized spacial score (nSPS) is 15.8. The third-order valence-corrected chi connectivity index (χ3v) is 7.09. The molecule has 1 aliphatic heterocycles. The van der Waals surface area contributed by atoms with Crippen LogP contribution < -0.4 is 20.7 Å². The Bertz CT molecular complexity index is 1410. The van der Waals surface area contributed by atoms with Crippen LogP contribution in [0.1, 0.15) is 12.8 Å². The van der Waals surface area contributed by atoms with E-state index < -0.39 is 23.0 Å². The number of likely N-dealkylation sites (N-methyl/N-ethyl adjacent to an activating group) is 1. The van der Waals surface area contributed by atoms with E-state index in [-0.39, 0.29) is 17.5 Å². The number of ether oxygens (including phenoxy) is 1. The predicted molar refractivity (Wildman–Crippen MR) is 143 cm³/mol. The van der Waals surface area contributed by atoms with Gasteiger partial charge >= 0.3 is 6.03 Å². The topological polar surface area (TPSA) is 121 Å². The molecule has 0 atom stereocenters. The van der Waals surface area contributed by atoms with Crippen LogP contribution in [-0.4, -0.2) is 65.9 Å². The van der Waals surface area contributed by atoms with Crippen LogP contribution in [0, 0.1) is 11.2 Å².